The molecule has 0 heterocycles. The Labute approximate surface area is 171 Å². The lowest BCUT2D eigenvalue weighted by Crippen LogP contribution is -2.26. The van der Waals surface area contributed by atoms with Crippen LogP contribution in [0, 0.1) is 13.8 Å². The van der Waals surface area contributed by atoms with E-state index in [1.165, 1.54) is 5.56 Å². The molecule has 0 aliphatic rings. The number of hydrogen-bond acceptors (Lipinski definition) is 3. The quantitative estimate of drug-likeness (QED) is 0.648. The third-order valence-corrected chi connectivity index (χ3v) is 4.82. The molecule has 29 heavy (non-hydrogen) atoms. The van der Waals surface area contributed by atoms with Crippen molar-refractivity contribution in [2.24, 2.45) is 0 Å². The van der Waals surface area contributed by atoms with E-state index in [4.69, 9.17) is 0 Å². The van der Waals surface area contributed by atoms with E-state index in [1.54, 1.807) is 36.2 Å². The van der Waals surface area contributed by atoms with Crippen LogP contribution < -0.4 is 15.5 Å². The Morgan fingerprint density at radius 2 is 1.48 bits per heavy atom. The Bertz CT molecular complexity index is 998. The molecular formula is C24H25N3O2. The molecular weight excluding hydrogens is 362 g/mol. The average Bonchev–Trinajstić information content (AvgIpc) is 2.75. The number of aryl methyl sites for hydroxylation is 2. The van der Waals surface area contributed by atoms with Gasteiger partial charge in [0.25, 0.3) is 5.91 Å². The van der Waals surface area contributed by atoms with Crippen LogP contribution >= 0.6 is 0 Å². The molecule has 0 aromatic heterocycles. The van der Waals surface area contributed by atoms with Crippen LogP contribution in [0.3, 0.4) is 0 Å². The van der Waals surface area contributed by atoms with Gasteiger partial charge in [-0.1, -0.05) is 24.3 Å². The van der Waals surface area contributed by atoms with Gasteiger partial charge in [-0.2, -0.15) is 0 Å². The van der Waals surface area contributed by atoms with E-state index in [-0.39, 0.29) is 18.4 Å². The summed E-state index contributed by atoms with van der Waals surface area (Å²) in [4.78, 5) is 26.4. The van der Waals surface area contributed by atoms with Gasteiger partial charge in [-0.25, -0.2) is 0 Å². The van der Waals surface area contributed by atoms with Gasteiger partial charge >= 0.3 is 0 Å². The number of rotatable bonds is 6. The molecule has 5 nitrogen and oxygen atoms in total. The van der Waals surface area contributed by atoms with E-state index in [0.717, 1.165) is 22.6 Å². The number of carbonyl (C=O) groups excluding carboxylic acids is 2. The topological polar surface area (TPSA) is 61.4 Å². The van der Waals surface area contributed by atoms with E-state index >= 15 is 0 Å². The molecule has 148 valence electrons. The molecule has 3 aromatic carbocycles. The molecule has 0 atom stereocenters. The van der Waals surface area contributed by atoms with E-state index in [1.807, 2.05) is 62.4 Å². The number of carbonyl (C=O) groups is 2. The van der Waals surface area contributed by atoms with Crippen LogP contribution in [0.5, 0.6) is 0 Å². The smallest absolute Gasteiger partial charge is 0.258 e. The summed E-state index contributed by atoms with van der Waals surface area (Å²) in [6, 6.07) is 22.4. The van der Waals surface area contributed by atoms with Gasteiger partial charge in [-0.3, -0.25) is 9.59 Å². The first-order chi connectivity index (χ1) is 13.9. The molecule has 0 spiro atoms. The van der Waals surface area contributed by atoms with Crippen molar-refractivity contribution in [2.75, 3.05) is 29.1 Å². The van der Waals surface area contributed by atoms with Crippen molar-refractivity contribution in [1.29, 1.82) is 0 Å². The fourth-order valence-corrected chi connectivity index (χ4v) is 2.90. The Morgan fingerprint density at radius 1 is 0.828 bits per heavy atom. The van der Waals surface area contributed by atoms with E-state index < -0.39 is 0 Å². The summed E-state index contributed by atoms with van der Waals surface area (Å²) in [5.74, 6) is -0.215. The van der Waals surface area contributed by atoms with Gasteiger partial charge in [0.1, 0.15) is 0 Å². The summed E-state index contributed by atoms with van der Waals surface area (Å²) in [5, 5.41) is 5.96. The Morgan fingerprint density at radius 3 is 2.14 bits per heavy atom. The van der Waals surface area contributed by atoms with Crippen molar-refractivity contribution in [3.63, 3.8) is 0 Å². The Kier molecular flexibility index (Phi) is 6.29. The number of nitrogens with one attached hydrogen (secondary N) is 2. The number of benzene rings is 3. The number of anilines is 3. The van der Waals surface area contributed by atoms with Crippen molar-refractivity contribution < 1.29 is 9.59 Å². The second-order valence-corrected chi connectivity index (χ2v) is 6.98. The molecule has 2 N–H and O–H groups in total. The fraction of sp³-hybridized carbons (Fsp3) is 0.167. The van der Waals surface area contributed by atoms with Crippen molar-refractivity contribution in [3.8, 4) is 0 Å². The molecule has 3 aromatic rings. The summed E-state index contributed by atoms with van der Waals surface area (Å²) in [6.45, 7) is 4.19. The highest BCUT2D eigenvalue weighted by Gasteiger charge is 2.13. The van der Waals surface area contributed by atoms with Gasteiger partial charge in [-0.05, 0) is 73.5 Å². The van der Waals surface area contributed by atoms with Crippen LogP contribution in [-0.4, -0.2) is 25.4 Å². The summed E-state index contributed by atoms with van der Waals surface area (Å²) in [7, 11) is 1.75. The minimum absolute atomic E-state index is 0.0877. The number of hydrogen-bond donors (Lipinski definition) is 2. The molecule has 0 aliphatic heterocycles. The molecule has 0 bridgehead atoms. The van der Waals surface area contributed by atoms with Gasteiger partial charge in [0, 0.05) is 29.7 Å². The second kappa shape index (κ2) is 9.06. The zero-order valence-electron chi connectivity index (χ0n) is 16.9. The van der Waals surface area contributed by atoms with Crippen LogP contribution in [0.4, 0.5) is 17.1 Å². The third-order valence-electron chi connectivity index (χ3n) is 4.82. The molecule has 0 saturated carbocycles. The van der Waals surface area contributed by atoms with Gasteiger partial charge in [0.05, 0.1) is 6.54 Å². The first kappa shape index (κ1) is 20.1. The largest absolute Gasteiger partial charge is 0.376 e. The van der Waals surface area contributed by atoms with Crippen molar-refractivity contribution in [2.45, 2.75) is 13.8 Å². The lowest BCUT2D eigenvalue weighted by Gasteiger charge is -2.17. The maximum Gasteiger partial charge on any atom is 0.258 e. The van der Waals surface area contributed by atoms with Gasteiger partial charge in [0.2, 0.25) is 5.91 Å². The lowest BCUT2D eigenvalue weighted by atomic mass is 10.1. The predicted octanol–water partition coefficient (Wildman–Crippen LogP) is 4.63. The van der Waals surface area contributed by atoms with Crippen LogP contribution in [0.15, 0.2) is 72.8 Å². The molecule has 5 heteroatoms. The normalized spacial score (nSPS) is 10.3. The van der Waals surface area contributed by atoms with E-state index in [2.05, 4.69) is 10.6 Å². The highest BCUT2D eigenvalue weighted by molar-refractivity contribution is 6.05. The molecule has 2 amide bonds. The minimum Gasteiger partial charge on any atom is -0.376 e. The average molecular weight is 387 g/mol. The minimum atomic E-state index is -0.128. The van der Waals surface area contributed by atoms with Gasteiger partial charge in [-0.15, -0.1) is 0 Å². The van der Waals surface area contributed by atoms with Crippen molar-refractivity contribution >= 4 is 28.9 Å². The summed E-state index contributed by atoms with van der Waals surface area (Å²) >= 11 is 0. The molecule has 0 saturated heterocycles. The number of amides is 2. The summed E-state index contributed by atoms with van der Waals surface area (Å²) in [6.07, 6.45) is 0. The van der Waals surface area contributed by atoms with E-state index in [0.29, 0.717) is 5.56 Å². The molecule has 3 rings (SSSR count). The summed E-state index contributed by atoms with van der Waals surface area (Å²) in [5.41, 5.74) is 5.30. The molecule has 0 radical (unpaired) electrons. The lowest BCUT2D eigenvalue weighted by molar-refractivity contribution is -0.114. The molecule has 0 fully saturated rings. The SMILES string of the molecule is Cc1ccc(NC(=O)CNc2ccc(C(=O)N(C)c3ccccc3)cc2)cc1C. The Hall–Kier alpha value is -3.60. The molecule has 0 unspecified atom stereocenters. The van der Waals surface area contributed by atoms with E-state index in [9.17, 15) is 9.59 Å². The summed E-state index contributed by atoms with van der Waals surface area (Å²) < 4.78 is 0. The zero-order chi connectivity index (χ0) is 20.8. The number of para-hydroxylation sites is 1. The van der Waals surface area contributed by atoms with Crippen molar-refractivity contribution in [1.82, 2.24) is 0 Å². The standard InChI is InChI=1S/C24H25N3O2/c1-17-9-12-21(15-18(17)2)26-23(28)16-25-20-13-10-19(11-14-20)24(29)27(3)22-7-5-4-6-8-22/h4-15,25H,16H2,1-3H3,(H,26,28). The number of nitrogens with zero attached hydrogens (tertiary/aromatic N) is 1. The highest BCUT2D eigenvalue weighted by atomic mass is 16.2. The fourth-order valence-electron chi connectivity index (χ4n) is 2.90. The predicted molar refractivity (Wildman–Crippen MR) is 119 cm³/mol. The van der Waals surface area contributed by atoms with Crippen LogP contribution in [-0.2, 0) is 4.79 Å². The maximum absolute atomic E-state index is 12.6. The molecule has 0 aliphatic carbocycles. The zero-order valence-corrected chi connectivity index (χ0v) is 16.9. The highest BCUT2D eigenvalue weighted by Crippen LogP contribution is 2.17. The van der Waals surface area contributed by atoms with Crippen molar-refractivity contribution in [3.05, 3.63) is 89.5 Å². The van der Waals surface area contributed by atoms with Crippen LogP contribution in [0.25, 0.3) is 0 Å². The third kappa shape index (κ3) is 5.23. The monoisotopic (exact) mass is 387 g/mol. The first-order valence-corrected chi connectivity index (χ1v) is 9.48. The van der Waals surface area contributed by atoms with Gasteiger partial charge < -0.3 is 15.5 Å². The van der Waals surface area contributed by atoms with Crippen LogP contribution in [0.2, 0.25) is 0 Å². The maximum atomic E-state index is 12.6. The first-order valence-electron chi connectivity index (χ1n) is 9.48. The van der Waals surface area contributed by atoms with Gasteiger partial charge in [0.15, 0.2) is 0 Å². The second-order valence-electron chi connectivity index (χ2n) is 6.98. The Balaban J connectivity index is 1.55. The van der Waals surface area contributed by atoms with Crippen LogP contribution in [0.1, 0.15) is 21.5 Å².